The van der Waals surface area contributed by atoms with Gasteiger partial charge in [-0.1, -0.05) is 12.1 Å². The lowest BCUT2D eigenvalue weighted by Crippen LogP contribution is -2.39. The zero-order valence-corrected chi connectivity index (χ0v) is 8.21. The Morgan fingerprint density at radius 2 is 1.80 bits per heavy atom. The van der Waals surface area contributed by atoms with Crippen LogP contribution in [0.2, 0.25) is 0 Å². The Balaban J connectivity index is 2.65. The van der Waals surface area contributed by atoms with Gasteiger partial charge in [0.15, 0.2) is 0 Å². The van der Waals surface area contributed by atoms with E-state index < -0.39 is 12.2 Å². The molecule has 0 saturated carbocycles. The SMILES string of the molecule is COc1ccc(C[C@@H](N)C(F)(F)F)cc1. The second kappa shape index (κ2) is 4.53. The fourth-order valence-electron chi connectivity index (χ4n) is 1.13. The quantitative estimate of drug-likeness (QED) is 0.845. The number of halogens is 3. The topological polar surface area (TPSA) is 35.2 Å². The van der Waals surface area contributed by atoms with Gasteiger partial charge < -0.3 is 10.5 Å². The molecule has 0 spiro atoms. The molecular weight excluding hydrogens is 207 g/mol. The maximum atomic E-state index is 12.1. The molecule has 5 heteroatoms. The van der Waals surface area contributed by atoms with Crippen LogP contribution >= 0.6 is 0 Å². The first-order valence-corrected chi connectivity index (χ1v) is 4.38. The molecule has 0 saturated heterocycles. The van der Waals surface area contributed by atoms with E-state index in [0.29, 0.717) is 11.3 Å². The number of hydrogen-bond donors (Lipinski definition) is 1. The first-order valence-electron chi connectivity index (χ1n) is 4.38. The summed E-state index contributed by atoms with van der Waals surface area (Å²) in [6.07, 6.45) is -4.56. The van der Waals surface area contributed by atoms with Crippen molar-refractivity contribution in [1.29, 1.82) is 0 Å². The molecule has 2 nitrogen and oxygen atoms in total. The molecule has 0 bridgehead atoms. The maximum Gasteiger partial charge on any atom is 0.403 e. The van der Waals surface area contributed by atoms with Crippen LogP contribution in [0.25, 0.3) is 0 Å². The van der Waals surface area contributed by atoms with E-state index in [1.165, 1.54) is 7.11 Å². The average Bonchev–Trinajstić information content (AvgIpc) is 2.17. The molecule has 2 N–H and O–H groups in total. The minimum atomic E-state index is -4.35. The van der Waals surface area contributed by atoms with Crippen molar-refractivity contribution in [2.45, 2.75) is 18.6 Å². The molecule has 0 unspecified atom stereocenters. The standard InChI is InChI=1S/C10H12F3NO/c1-15-8-4-2-7(3-5-8)6-9(14)10(11,12)13/h2-5,9H,6,14H2,1H3/t9-/m1/s1. The van der Waals surface area contributed by atoms with Crippen molar-refractivity contribution in [3.05, 3.63) is 29.8 Å². The summed E-state index contributed by atoms with van der Waals surface area (Å²) >= 11 is 0. The fourth-order valence-corrected chi connectivity index (χ4v) is 1.13. The van der Waals surface area contributed by atoms with E-state index >= 15 is 0 Å². The summed E-state index contributed by atoms with van der Waals surface area (Å²) in [6.45, 7) is 0. The lowest BCUT2D eigenvalue weighted by Gasteiger charge is -2.15. The van der Waals surface area contributed by atoms with Crippen molar-refractivity contribution >= 4 is 0 Å². The molecule has 15 heavy (non-hydrogen) atoms. The van der Waals surface area contributed by atoms with Gasteiger partial charge in [-0.05, 0) is 24.1 Å². The molecule has 0 heterocycles. The molecule has 1 atom stereocenters. The van der Waals surface area contributed by atoms with E-state index in [0.717, 1.165) is 0 Å². The molecule has 0 aliphatic rings. The zero-order valence-electron chi connectivity index (χ0n) is 8.21. The van der Waals surface area contributed by atoms with Gasteiger partial charge in [-0.2, -0.15) is 13.2 Å². The molecule has 1 aromatic carbocycles. The molecular formula is C10H12F3NO. The molecule has 0 amide bonds. The minimum absolute atomic E-state index is 0.215. The number of methoxy groups -OCH3 is 1. The first kappa shape index (κ1) is 11.8. The Morgan fingerprint density at radius 3 is 2.20 bits per heavy atom. The number of benzene rings is 1. The van der Waals surface area contributed by atoms with Gasteiger partial charge >= 0.3 is 6.18 Å². The van der Waals surface area contributed by atoms with Crippen LogP contribution in [0.3, 0.4) is 0 Å². The zero-order chi connectivity index (χ0) is 11.5. The van der Waals surface area contributed by atoms with Crippen molar-refractivity contribution < 1.29 is 17.9 Å². The van der Waals surface area contributed by atoms with E-state index in [2.05, 4.69) is 0 Å². The maximum absolute atomic E-state index is 12.1. The summed E-state index contributed by atoms with van der Waals surface area (Å²) in [7, 11) is 1.50. The highest BCUT2D eigenvalue weighted by Gasteiger charge is 2.36. The second-order valence-electron chi connectivity index (χ2n) is 3.20. The largest absolute Gasteiger partial charge is 0.497 e. The smallest absolute Gasteiger partial charge is 0.403 e. The summed E-state index contributed by atoms with van der Waals surface area (Å²) < 4.78 is 41.3. The molecule has 1 aromatic rings. The molecule has 0 radical (unpaired) electrons. The van der Waals surface area contributed by atoms with Crippen molar-refractivity contribution in [3.63, 3.8) is 0 Å². The third kappa shape index (κ3) is 3.43. The number of nitrogens with two attached hydrogens (primary N) is 1. The Bertz CT molecular complexity index is 307. The van der Waals surface area contributed by atoms with Crippen LogP contribution in [0.1, 0.15) is 5.56 Å². The molecule has 0 fully saturated rings. The van der Waals surface area contributed by atoms with Gasteiger partial charge in [0, 0.05) is 0 Å². The minimum Gasteiger partial charge on any atom is -0.497 e. The Morgan fingerprint density at radius 1 is 1.27 bits per heavy atom. The second-order valence-corrected chi connectivity index (χ2v) is 3.20. The van der Waals surface area contributed by atoms with Gasteiger partial charge in [-0.25, -0.2) is 0 Å². The molecule has 0 aliphatic heterocycles. The number of rotatable bonds is 3. The van der Waals surface area contributed by atoms with Crippen LogP contribution in [-0.2, 0) is 6.42 Å². The van der Waals surface area contributed by atoms with Gasteiger partial charge in [0.25, 0.3) is 0 Å². The van der Waals surface area contributed by atoms with Crippen molar-refractivity contribution in [2.24, 2.45) is 5.73 Å². The number of alkyl halides is 3. The van der Waals surface area contributed by atoms with Crippen LogP contribution in [0, 0.1) is 0 Å². The van der Waals surface area contributed by atoms with Crippen LogP contribution < -0.4 is 10.5 Å². The van der Waals surface area contributed by atoms with Crippen LogP contribution in [0.4, 0.5) is 13.2 Å². The third-order valence-electron chi connectivity index (χ3n) is 2.04. The average molecular weight is 219 g/mol. The first-order chi connectivity index (χ1) is 6.93. The summed E-state index contributed by atoms with van der Waals surface area (Å²) in [6, 6.07) is 4.55. The van der Waals surface area contributed by atoms with Gasteiger partial charge in [0.2, 0.25) is 0 Å². The lowest BCUT2D eigenvalue weighted by atomic mass is 10.1. The highest BCUT2D eigenvalue weighted by Crippen LogP contribution is 2.22. The van der Waals surface area contributed by atoms with E-state index in [9.17, 15) is 13.2 Å². The normalized spacial score (nSPS) is 13.7. The number of hydrogen-bond acceptors (Lipinski definition) is 2. The monoisotopic (exact) mass is 219 g/mol. The van der Waals surface area contributed by atoms with Gasteiger partial charge in [0.05, 0.1) is 7.11 Å². The molecule has 0 aromatic heterocycles. The molecule has 84 valence electrons. The Hall–Kier alpha value is -1.23. The predicted molar refractivity (Wildman–Crippen MR) is 50.7 cm³/mol. The van der Waals surface area contributed by atoms with Crippen molar-refractivity contribution in [3.8, 4) is 5.75 Å². The van der Waals surface area contributed by atoms with Crippen LogP contribution in [0.15, 0.2) is 24.3 Å². The summed E-state index contributed by atoms with van der Waals surface area (Å²) in [5.74, 6) is 0.610. The lowest BCUT2D eigenvalue weighted by molar-refractivity contribution is -0.147. The molecule has 1 rings (SSSR count). The van der Waals surface area contributed by atoms with Crippen LogP contribution in [0.5, 0.6) is 5.75 Å². The van der Waals surface area contributed by atoms with E-state index in [1.54, 1.807) is 24.3 Å². The van der Waals surface area contributed by atoms with Crippen molar-refractivity contribution in [2.75, 3.05) is 7.11 Å². The molecule has 0 aliphatic carbocycles. The predicted octanol–water partition coefficient (Wildman–Crippen LogP) is 2.13. The van der Waals surface area contributed by atoms with E-state index in [1.807, 2.05) is 0 Å². The van der Waals surface area contributed by atoms with Gasteiger partial charge in [-0.3, -0.25) is 0 Å². The van der Waals surface area contributed by atoms with Gasteiger partial charge in [-0.15, -0.1) is 0 Å². The van der Waals surface area contributed by atoms with E-state index in [-0.39, 0.29) is 6.42 Å². The third-order valence-corrected chi connectivity index (χ3v) is 2.04. The Kier molecular flexibility index (Phi) is 3.57. The summed E-state index contributed by atoms with van der Waals surface area (Å²) in [5.41, 5.74) is 5.54. The summed E-state index contributed by atoms with van der Waals surface area (Å²) in [5, 5.41) is 0. The Labute approximate surface area is 85.8 Å². The summed E-state index contributed by atoms with van der Waals surface area (Å²) in [4.78, 5) is 0. The van der Waals surface area contributed by atoms with Gasteiger partial charge in [0.1, 0.15) is 11.8 Å². The fraction of sp³-hybridized carbons (Fsp3) is 0.400. The van der Waals surface area contributed by atoms with Crippen LogP contribution in [-0.4, -0.2) is 19.3 Å². The van der Waals surface area contributed by atoms with Crippen molar-refractivity contribution in [1.82, 2.24) is 0 Å². The van der Waals surface area contributed by atoms with E-state index in [4.69, 9.17) is 10.5 Å². The number of ether oxygens (including phenoxy) is 1. The highest BCUT2D eigenvalue weighted by molar-refractivity contribution is 5.27. The highest BCUT2D eigenvalue weighted by atomic mass is 19.4.